The van der Waals surface area contributed by atoms with Crippen LogP contribution in [0.1, 0.15) is 11.1 Å². The predicted octanol–water partition coefficient (Wildman–Crippen LogP) is 2.77. The highest BCUT2D eigenvalue weighted by Crippen LogP contribution is 2.29. The monoisotopic (exact) mass is 315 g/mol. The Hall–Kier alpha value is -1.31. The molecule has 0 unspecified atom stereocenters. The largest absolute Gasteiger partial charge is 0.252 e. The number of rotatable bonds is 2. The SMILES string of the molecule is O=S(=O)(c1cccs1)N1CCc2c(F)ccc(F)c2C1. The third kappa shape index (κ3) is 2.15. The Morgan fingerprint density at radius 3 is 2.45 bits per heavy atom. The van der Waals surface area contributed by atoms with Gasteiger partial charge in [0.15, 0.2) is 0 Å². The molecule has 3 nitrogen and oxygen atoms in total. The zero-order chi connectivity index (χ0) is 14.3. The van der Waals surface area contributed by atoms with Crippen LogP contribution in [0.4, 0.5) is 8.78 Å². The number of sulfonamides is 1. The molecule has 7 heteroatoms. The highest BCUT2D eigenvalue weighted by atomic mass is 32.2. The van der Waals surface area contributed by atoms with Crippen molar-refractivity contribution in [1.82, 2.24) is 4.31 Å². The van der Waals surface area contributed by atoms with Gasteiger partial charge >= 0.3 is 0 Å². The molecular formula is C13H11F2NO2S2. The van der Waals surface area contributed by atoms with Crippen molar-refractivity contribution in [2.24, 2.45) is 0 Å². The number of halogens is 2. The summed E-state index contributed by atoms with van der Waals surface area (Å²) in [5, 5.41) is 1.67. The van der Waals surface area contributed by atoms with Gasteiger partial charge in [-0.25, -0.2) is 17.2 Å². The third-order valence-corrected chi connectivity index (χ3v) is 6.57. The summed E-state index contributed by atoms with van der Waals surface area (Å²) in [5.74, 6) is -1.04. The topological polar surface area (TPSA) is 37.4 Å². The van der Waals surface area contributed by atoms with E-state index in [0.717, 1.165) is 23.5 Å². The molecule has 106 valence electrons. The Morgan fingerprint density at radius 1 is 1.10 bits per heavy atom. The van der Waals surface area contributed by atoms with Gasteiger partial charge in [-0.05, 0) is 35.6 Å². The number of hydrogen-bond donors (Lipinski definition) is 0. The molecule has 0 N–H and O–H groups in total. The molecule has 1 aliphatic rings. The maximum Gasteiger partial charge on any atom is 0.252 e. The van der Waals surface area contributed by atoms with E-state index in [1.807, 2.05) is 0 Å². The summed E-state index contributed by atoms with van der Waals surface area (Å²) in [5.41, 5.74) is 0.416. The molecule has 0 aliphatic carbocycles. The van der Waals surface area contributed by atoms with Crippen LogP contribution in [-0.4, -0.2) is 19.3 Å². The van der Waals surface area contributed by atoms with E-state index in [1.54, 1.807) is 11.4 Å². The Bertz CT molecular complexity index is 742. The maximum atomic E-state index is 13.8. The fourth-order valence-electron chi connectivity index (χ4n) is 2.31. The minimum absolute atomic E-state index is 0.126. The Labute approximate surface area is 119 Å². The Balaban J connectivity index is 1.99. The lowest BCUT2D eigenvalue weighted by molar-refractivity contribution is 0.375. The second-order valence-corrected chi connectivity index (χ2v) is 7.62. The smallest absolute Gasteiger partial charge is 0.207 e. The van der Waals surface area contributed by atoms with E-state index in [1.165, 1.54) is 10.4 Å². The number of fused-ring (bicyclic) bond motifs is 1. The minimum Gasteiger partial charge on any atom is -0.207 e. The molecule has 0 fully saturated rings. The normalized spacial score (nSPS) is 16.1. The van der Waals surface area contributed by atoms with Crippen molar-refractivity contribution in [2.45, 2.75) is 17.2 Å². The first-order valence-corrected chi connectivity index (χ1v) is 8.31. The molecule has 3 rings (SSSR count). The van der Waals surface area contributed by atoms with E-state index < -0.39 is 21.7 Å². The summed E-state index contributed by atoms with van der Waals surface area (Å²) >= 11 is 1.11. The fourth-order valence-corrected chi connectivity index (χ4v) is 4.87. The molecule has 1 aromatic carbocycles. The van der Waals surface area contributed by atoms with Crippen LogP contribution >= 0.6 is 11.3 Å². The first kappa shape index (κ1) is 13.7. The van der Waals surface area contributed by atoms with Gasteiger partial charge in [0.2, 0.25) is 0 Å². The molecule has 0 radical (unpaired) electrons. The van der Waals surface area contributed by atoms with Gasteiger partial charge in [-0.2, -0.15) is 4.31 Å². The van der Waals surface area contributed by atoms with Crippen LogP contribution in [0, 0.1) is 11.6 Å². The van der Waals surface area contributed by atoms with Crippen LogP contribution in [-0.2, 0) is 23.0 Å². The van der Waals surface area contributed by atoms with Crippen molar-refractivity contribution in [2.75, 3.05) is 6.54 Å². The third-order valence-electron chi connectivity index (χ3n) is 3.35. The van der Waals surface area contributed by atoms with Crippen molar-refractivity contribution in [3.63, 3.8) is 0 Å². The van der Waals surface area contributed by atoms with E-state index in [-0.39, 0.29) is 34.8 Å². The molecule has 0 saturated carbocycles. The molecule has 2 aromatic rings. The van der Waals surface area contributed by atoms with Gasteiger partial charge in [-0.1, -0.05) is 6.07 Å². The maximum absolute atomic E-state index is 13.8. The summed E-state index contributed by atoms with van der Waals surface area (Å²) in [6, 6.07) is 5.28. The Kier molecular flexibility index (Phi) is 3.35. The Morgan fingerprint density at radius 2 is 1.80 bits per heavy atom. The lowest BCUT2D eigenvalue weighted by Crippen LogP contribution is -2.36. The van der Waals surface area contributed by atoms with Crippen molar-refractivity contribution >= 4 is 21.4 Å². The lowest BCUT2D eigenvalue weighted by Gasteiger charge is -2.28. The second-order valence-electron chi connectivity index (χ2n) is 4.51. The van der Waals surface area contributed by atoms with Gasteiger partial charge in [0.05, 0.1) is 0 Å². The molecule has 0 amide bonds. The van der Waals surface area contributed by atoms with E-state index in [9.17, 15) is 17.2 Å². The van der Waals surface area contributed by atoms with Crippen LogP contribution in [0.15, 0.2) is 33.9 Å². The summed E-state index contributed by atoms with van der Waals surface area (Å²) in [4.78, 5) is 0. The number of nitrogens with zero attached hydrogens (tertiary/aromatic N) is 1. The number of thiophene rings is 1. The zero-order valence-corrected chi connectivity index (χ0v) is 12.0. The number of benzene rings is 1. The summed E-state index contributed by atoms with van der Waals surface area (Å²) < 4.78 is 53.6. The molecule has 0 atom stereocenters. The quantitative estimate of drug-likeness (QED) is 0.854. The second kappa shape index (κ2) is 4.91. The first-order chi connectivity index (χ1) is 9.50. The highest BCUT2D eigenvalue weighted by Gasteiger charge is 2.31. The van der Waals surface area contributed by atoms with Gasteiger partial charge in [0.25, 0.3) is 10.0 Å². The molecule has 20 heavy (non-hydrogen) atoms. The van der Waals surface area contributed by atoms with E-state index in [4.69, 9.17) is 0 Å². The van der Waals surface area contributed by atoms with Gasteiger partial charge in [0.1, 0.15) is 15.8 Å². The summed E-state index contributed by atoms with van der Waals surface area (Å²) in [6.07, 6.45) is 0.184. The van der Waals surface area contributed by atoms with Crippen molar-refractivity contribution in [3.05, 3.63) is 52.4 Å². The van der Waals surface area contributed by atoms with Crippen LogP contribution in [0.5, 0.6) is 0 Å². The van der Waals surface area contributed by atoms with Crippen molar-refractivity contribution in [1.29, 1.82) is 0 Å². The summed E-state index contributed by atoms with van der Waals surface area (Å²) in [6.45, 7) is 0.0345. The van der Waals surface area contributed by atoms with E-state index in [2.05, 4.69) is 0 Å². The number of hydrogen-bond acceptors (Lipinski definition) is 3. The first-order valence-electron chi connectivity index (χ1n) is 5.99. The van der Waals surface area contributed by atoms with Gasteiger partial charge in [-0.3, -0.25) is 0 Å². The van der Waals surface area contributed by atoms with E-state index >= 15 is 0 Å². The minimum atomic E-state index is -3.63. The lowest BCUT2D eigenvalue weighted by atomic mass is 10.00. The van der Waals surface area contributed by atoms with Crippen LogP contribution in [0.25, 0.3) is 0 Å². The highest BCUT2D eigenvalue weighted by molar-refractivity contribution is 7.91. The molecule has 2 heterocycles. The molecule has 0 bridgehead atoms. The molecule has 1 aliphatic heterocycles. The summed E-state index contributed by atoms with van der Waals surface area (Å²) in [7, 11) is -3.63. The molecule has 0 saturated heterocycles. The fraction of sp³-hybridized carbons (Fsp3) is 0.231. The van der Waals surface area contributed by atoms with Crippen molar-refractivity contribution < 1.29 is 17.2 Å². The van der Waals surface area contributed by atoms with Crippen LogP contribution in [0.3, 0.4) is 0 Å². The van der Waals surface area contributed by atoms with Gasteiger partial charge in [-0.15, -0.1) is 11.3 Å². The predicted molar refractivity (Wildman–Crippen MR) is 72.0 cm³/mol. The zero-order valence-electron chi connectivity index (χ0n) is 10.3. The van der Waals surface area contributed by atoms with Gasteiger partial charge in [0, 0.05) is 18.7 Å². The van der Waals surface area contributed by atoms with Crippen LogP contribution < -0.4 is 0 Å². The standard InChI is InChI=1S/C13H11F2NO2S2/c14-11-3-4-12(15)10-8-16(6-5-9(10)11)20(17,18)13-2-1-7-19-13/h1-4,7H,5-6,8H2. The average molecular weight is 315 g/mol. The average Bonchev–Trinajstić information content (AvgIpc) is 2.97. The molecule has 0 spiro atoms. The van der Waals surface area contributed by atoms with Gasteiger partial charge < -0.3 is 0 Å². The van der Waals surface area contributed by atoms with Crippen molar-refractivity contribution in [3.8, 4) is 0 Å². The molecular weight excluding hydrogens is 304 g/mol. The van der Waals surface area contributed by atoms with E-state index in [0.29, 0.717) is 0 Å². The molecule has 1 aromatic heterocycles. The van der Waals surface area contributed by atoms with Crippen LogP contribution in [0.2, 0.25) is 0 Å².